The number of unbranched alkanes of at least 4 members (excludes halogenated alkanes) is 6. The molecule has 1 fully saturated rings. The van der Waals surface area contributed by atoms with Gasteiger partial charge in [-0.25, -0.2) is 4.39 Å². The second kappa shape index (κ2) is 13.6. The molecule has 0 heterocycles. The number of benzene rings is 1. The summed E-state index contributed by atoms with van der Waals surface area (Å²) in [5.41, 5.74) is 0.332. The van der Waals surface area contributed by atoms with Crippen LogP contribution in [0.25, 0.3) is 0 Å². The largest absolute Gasteiger partial charge is 0.491 e. The molecule has 0 unspecified atom stereocenters. The summed E-state index contributed by atoms with van der Waals surface area (Å²) in [5.74, 6) is 1.60. The maximum atomic E-state index is 13.8. The Morgan fingerprint density at radius 3 is 2.14 bits per heavy atom. The Morgan fingerprint density at radius 2 is 1.54 bits per heavy atom. The molecule has 1 aliphatic rings. The second-order valence-electron chi connectivity index (χ2n) is 8.54. The number of halogens is 1. The van der Waals surface area contributed by atoms with Crippen molar-refractivity contribution in [1.29, 1.82) is 5.26 Å². The van der Waals surface area contributed by atoms with Crippen molar-refractivity contribution >= 4 is 0 Å². The van der Waals surface area contributed by atoms with Crippen LogP contribution in [-0.4, -0.2) is 6.61 Å². The lowest BCUT2D eigenvalue weighted by atomic mass is 9.78. The van der Waals surface area contributed by atoms with E-state index in [1.54, 1.807) is 12.1 Å². The summed E-state index contributed by atoms with van der Waals surface area (Å²) in [7, 11) is 0. The predicted octanol–water partition coefficient (Wildman–Crippen LogP) is 7.80. The Balaban J connectivity index is 1.49. The summed E-state index contributed by atoms with van der Waals surface area (Å²) in [5, 5.41) is 8.77. The molecular weight excluding hydrogens is 349 g/mol. The number of hydrogen-bond donors (Lipinski definition) is 0. The van der Waals surface area contributed by atoms with E-state index in [1.807, 2.05) is 6.07 Å². The molecule has 156 valence electrons. The third-order valence-electron chi connectivity index (χ3n) is 6.26. The molecule has 0 atom stereocenters. The van der Waals surface area contributed by atoms with Crippen LogP contribution in [0, 0.1) is 29.0 Å². The van der Waals surface area contributed by atoms with Crippen LogP contribution in [-0.2, 0) is 0 Å². The first-order valence-electron chi connectivity index (χ1n) is 11.6. The van der Waals surface area contributed by atoms with Gasteiger partial charge in [0.05, 0.1) is 18.2 Å². The van der Waals surface area contributed by atoms with Crippen molar-refractivity contribution < 1.29 is 9.13 Å². The Kier molecular flexibility index (Phi) is 11.0. The Labute approximate surface area is 171 Å². The van der Waals surface area contributed by atoms with E-state index in [-0.39, 0.29) is 5.75 Å². The first kappa shape index (κ1) is 22.7. The lowest BCUT2D eigenvalue weighted by molar-refractivity contribution is 0.225. The van der Waals surface area contributed by atoms with E-state index in [4.69, 9.17) is 10.00 Å². The normalized spacial score (nSPS) is 19.3. The van der Waals surface area contributed by atoms with Gasteiger partial charge in [-0.05, 0) is 42.9 Å². The molecule has 28 heavy (non-hydrogen) atoms. The highest BCUT2D eigenvalue weighted by Gasteiger charge is 2.20. The van der Waals surface area contributed by atoms with Gasteiger partial charge in [0.2, 0.25) is 0 Å². The molecule has 0 N–H and O–H groups in total. The molecule has 1 saturated carbocycles. The molecule has 1 aromatic carbocycles. The van der Waals surface area contributed by atoms with Crippen molar-refractivity contribution in [3.05, 3.63) is 29.6 Å². The quantitative estimate of drug-likeness (QED) is 0.323. The summed E-state index contributed by atoms with van der Waals surface area (Å²) in [4.78, 5) is 0. The number of rotatable bonds is 13. The van der Waals surface area contributed by atoms with Crippen molar-refractivity contribution in [3.8, 4) is 11.8 Å². The van der Waals surface area contributed by atoms with Gasteiger partial charge in [-0.3, -0.25) is 0 Å². The SMILES string of the molecule is CCCCCCCCC[C@H]1CC[C@H](CCCOc2ccc(C#N)cc2F)CC1. The minimum atomic E-state index is -0.440. The smallest absolute Gasteiger partial charge is 0.166 e. The average molecular weight is 388 g/mol. The molecule has 2 rings (SSSR count). The predicted molar refractivity (Wildman–Crippen MR) is 114 cm³/mol. The van der Waals surface area contributed by atoms with Crippen LogP contribution in [0.2, 0.25) is 0 Å². The van der Waals surface area contributed by atoms with Gasteiger partial charge in [0.15, 0.2) is 11.6 Å². The monoisotopic (exact) mass is 387 g/mol. The van der Waals surface area contributed by atoms with Gasteiger partial charge in [-0.1, -0.05) is 84.0 Å². The van der Waals surface area contributed by atoms with Crippen molar-refractivity contribution in [2.24, 2.45) is 11.8 Å². The first-order chi connectivity index (χ1) is 13.7. The maximum absolute atomic E-state index is 13.8. The molecule has 3 heteroatoms. The topological polar surface area (TPSA) is 33.0 Å². The zero-order valence-corrected chi connectivity index (χ0v) is 17.7. The highest BCUT2D eigenvalue weighted by molar-refractivity contribution is 5.35. The third-order valence-corrected chi connectivity index (χ3v) is 6.26. The van der Waals surface area contributed by atoms with Gasteiger partial charge in [0, 0.05) is 0 Å². The van der Waals surface area contributed by atoms with Crippen LogP contribution >= 0.6 is 0 Å². The van der Waals surface area contributed by atoms with E-state index in [0.29, 0.717) is 12.2 Å². The molecule has 0 aliphatic heterocycles. The molecule has 2 nitrogen and oxygen atoms in total. The minimum absolute atomic E-state index is 0.261. The van der Waals surface area contributed by atoms with Crippen molar-refractivity contribution in [1.82, 2.24) is 0 Å². The fourth-order valence-corrected chi connectivity index (χ4v) is 4.44. The maximum Gasteiger partial charge on any atom is 0.166 e. The Morgan fingerprint density at radius 1 is 0.929 bits per heavy atom. The average Bonchev–Trinajstić information content (AvgIpc) is 2.72. The van der Waals surface area contributed by atoms with Crippen LogP contribution in [0.3, 0.4) is 0 Å². The van der Waals surface area contributed by atoms with Gasteiger partial charge in [-0.2, -0.15) is 5.26 Å². The van der Waals surface area contributed by atoms with E-state index in [9.17, 15) is 4.39 Å². The molecule has 0 bridgehead atoms. The van der Waals surface area contributed by atoms with Crippen LogP contribution in [0.5, 0.6) is 5.75 Å². The van der Waals surface area contributed by atoms with E-state index >= 15 is 0 Å². The van der Waals surface area contributed by atoms with Crippen LogP contribution < -0.4 is 4.74 Å². The van der Waals surface area contributed by atoms with Crippen LogP contribution in [0.1, 0.15) is 102 Å². The Bertz CT molecular complexity index is 587. The van der Waals surface area contributed by atoms with Gasteiger partial charge in [-0.15, -0.1) is 0 Å². The summed E-state index contributed by atoms with van der Waals surface area (Å²) in [6.45, 7) is 2.83. The highest BCUT2D eigenvalue weighted by atomic mass is 19.1. The van der Waals surface area contributed by atoms with Gasteiger partial charge in [0.25, 0.3) is 0 Å². The molecule has 1 aromatic rings. The Hall–Kier alpha value is -1.56. The summed E-state index contributed by atoms with van der Waals surface area (Å²) in [6, 6.07) is 6.34. The van der Waals surface area contributed by atoms with E-state index in [1.165, 1.54) is 89.5 Å². The summed E-state index contributed by atoms with van der Waals surface area (Å²) in [6.07, 6.45) is 18.9. The molecule has 0 saturated heterocycles. The number of nitriles is 1. The molecule has 0 spiro atoms. The number of nitrogens with zero attached hydrogens (tertiary/aromatic N) is 1. The van der Waals surface area contributed by atoms with Gasteiger partial charge < -0.3 is 4.74 Å². The van der Waals surface area contributed by atoms with E-state index in [2.05, 4.69) is 6.92 Å². The fraction of sp³-hybridized carbons (Fsp3) is 0.720. The van der Waals surface area contributed by atoms with Gasteiger partial charge in [0.1, 0.15) is 0 Å². The standard InChI is InChI=1S/C25H38FNO/c1-2-3-4-5-6-7-8-10-21-12-14-22(15-13-21)11-9-18-28-25-17-16-23(20-27)19-24(25)26/h16-17,19,21-22H,2-15,18H2,1H3/t21-,22-. The van der Waals surface area contributed by atoms with Gasteiger partial charge >= 0.3 is 0 Å². The van der Waals surface area contributed by atoms with E-state index in [0.717, 1.165) is 18.3 Å². The number of hydrogen-bond acceptors (Lipinski definition) is 2. The van der Waals surface area contributed by atoms with E-state index < -0.39 is 5.82 Å². The molecule has 0 amide bonds. The number of ether oxygens (including phenoxy) is 1. The zero-order valence-electron chi connectivity index (χ0n) is 17.7. The molecular formula is C25H38FNO. The fourth-order valence-electron chi connectivity index (χ4n) is 4.44. The first-order valence-corrected chi connectivity index (χ1v) is 11.6. The lowest BCUT2D eigenvalue weighted by Crippen LogP contribution is -2.15. The molecule has 0 aromatic heterocycles. The van der Waals surface area contributed by atoms with Crippen molar-refractivity contribution in [3.63, 3.8) is 0 Å². The van der Waals surface area contributed by atoms with Crippen LogP contribution in [0.15, 0.2) is 18.2 Å². The highest BCUT2D eigenvalue weighted by Crippen LogP contribution is 2.34. The van der Waals surface area contributed by atoms with Crippen LogP contribution in [0.4, 0.5) is 4.39 Å². The third kappa shape index (κ3) is 8.63. The minimum Gasteiger partial charge on any atom is -0.491 e. The second-order valence-corrected chi connectivity index (χ2v) is 8.54. The molecule has 1 aliphatic carbocycles. The molecule has 0 radical (unpaired) electrons. The summed E-state index contributed by atoms with van der Waals surface area (Å²) >= 11 is 0. The van der Waals surface area contributed by atoms with Crippen molar-refractivity contribution in [2.45, 2.75) is 96.8 Å². The lowest BCUT2D eigenvalue weighted by Gasteiger charge is -2.28. The van der Waals surface area contributed by atoms with Crippen molar-refractivity contribution in [2.75, 3.05) is 6.61 Å². The summed E-state index contributed by atoms with van der Waals surface area (Å²) < 4.78 is 19.4. The zero-order chi connectivity index (χ0) is 20.0.